The van der Waals surface area contributed by atoms with E-state index < -0.39 is 0 Å². The van der Waals surface area contributed by atoms with Crippen molar-refractivity contribution in [3.05, 3.63) is 71.3 Å². The van der Waals surface area contributed by atoms with Crippen LogP contribution in [0.1, 0.15) is 27.9 Å². The molecule has 0 fully saturated rings. The Bertz CT molecular complexity index is 677. The average molecular weight is 300 g/mol. The summed E-state index contributed by atoms with van der Waals surface area (Å²) in [6, 6.07) is 17.9. The predicted molar refractivity (Wildman–Crippen MR) is 80.7 cm³/mol. The van der Waals surface area contributed by atoms with Gasteiger partial charge in [0.05, 0.1) is 6.42 Å². The van der Waals surface area contributed by atoms with Gasteiger partial charge in [0.25, 0.3) is 0 Å². The zero-order valence-electron chi connectivity index (χ0n) is 12.1. The highest BCUT2D eigenvalue weighted by atomic mass is 35.5. The van der Waals surface area contributed by atoms with Gasteiger partial charge < -0.3 is 12.4 Å². The summed E-state index contributed by atoms with van der Waals surface area (Å²) in [5.41, 5.74) is 4.50. The Morgan fingerprint density at radius 1 is 1.05 bits per heavy atom. The van der Waals surface area contributed by atoms with Crippen LogP contribution in [0.4, 0.5) is 0 Å². The minimum absolute atomic E-state index is 0. The number of hydrogen-bond acceptors (Lipinski definition) is 1. The Morgan fingerprint density at radius 2 is 1.71 bits per heavy atom. The van der Waals surface area contributed by atoms with Crippen LogP contribution in [0.3, 0.4) is 0 Å². The van der Waals surface area contributed by atoms with Gasteiger partial charge in [-0.1, -0.05) is 48.5 Å². The molecule has 0 aliphatic carbocycles. The van der Waals surface area contributed by atoms with Crippen LogP contribution in [0, 0.1) is 0 Å². The summed E-state index contributed by atoms with van der Waals surface area (Å²) in [5, 5.41) is 0. The van der Waals surface area contributed by atoms with E-state index >= 15 is 0 Å². The van der Waals surface area contributed by atoms with Crippen molar-refractivity contribution in [1.82, 2.24) is 0 Å². The fraction of sp³-hybridized carbons (Fsp3) is 0.222. The summed E-state index contributed by atoms with van der Waals surface area (Å²) in [7, 11) is 2.07. The van der Waals surface area contributed by atoms with Crippen molar-refractivity contribution in [1.29, 1.82) is 0 Å². The smallest absolute Gasteiger partial charge is 0.191 e. The number of nitrogens with zero attached hydrogens (tertiary/aromatic N) is 1. The maximum atomic E-state index is 12.4. The molecule has 1 aliphatic rings. The first-order valence-electron chi connectivity index (χ1n) is 6.99. The summed E-state index contributed by atoms with van der Waals surface area (Å²) >= 11 is 0. The van der Waals surface area contributed by atoms with Gasteiger partial charge in [-0.3, -0.25) is 4.79 Å². The van der Waals surface area contributed by atoms with Crippen LogP contribution >= 0.6 is 0 Å². The van der Waals surface area contributed by atoms with E-state index in [1.807, 2.05) is 36.4 Å². The number of benzene rings is 2. The van der Waals surface area contributed by atoms with E-state index in [-0.39, 0.29) is 18.2 Å². The Hall–Kier alpha value is -1.93. The molecule has 0 radical (unpaired) electrons. The van der Waals surface area contributed by atoms with E-state index in [1.165, 1.54) is 11.1 Å². The molecular weight excluding hydrogens is 282 g/mol. The number of ketones is 1. The number of likely N-dealkylation sites (N-methyl/N-ethyl adjacent to an activating group) is 1. The Morgan fingerprint density at radius 3 is 2.48 bits per heavy atom. The van der Waals surface area contributed by atoms with Crippen molar-refractivity contribution in [3.8, 4) is 0 Å². The summed E-state index contributed by atoms with van der Waals surface area (Å²) in [5.74, 6) is 0.184. The van der Waals surface area contributed by atoms with Crippen LogP contribution in [0.5, 0.6) is 0 Å². The van der Waals surface area contributed by atoms with E-state index in [0.717, 1.165) is 24.2 Å². The van der Waals surface area contributed by atoms with Gasteiger partial charge in [-0.25, -0.2) is 4.58 Å². The Labute approximate surface area is 131 Å². The maximum absolute atomic E-state index is 12.4. The molecule has 0 saturated heterocycles. The van der Waals surface area contributed by atoms with E-state index in [2.05, 4.69) is 29.8 Å². The lowest BCUT2D eigenvalue weighted by Gasteiger charge is -2.16. The monoisotopic (exact) mass is 299 g/mol. The van der Waals surface area contributed by atoms with Gasteiger partial charge >= 0.3 is 0 Å². The topological polar surface area (TPSA) is 20.1 Å². The third-order valence-corrected chi connectivity index (χ3v) is 3.93. The molecule has 0 N–H and O–H groups in total. The fourth-order valence-corrected chi connectivity index (χ4v) is 2.76. The molecule has 3 rings (SSSR count). The molecule has 0 atom stereocenters. The maximum Gasteiger partial charge on any atom is 0.191 e. The first kappa shape index (κ1) is 15.5. The number of fused-ring (bicyclic) bond motifs is 1. The van der Waals surface area contributed by atoms with Gasteiger partial charge in [-0.05, 0) is 11.6 Å². The number of hydrogen-bond donors (Lipinski definition) is 0. The largest absolute Gasteiger partial charge is 1.00 e. The van der Waals surface area contributed by atoms with Crippen molar-refractivity contribution in [2.45, 2.75) is 12.8 Å². The molecule has 0 aromatic heterocycles. The van der Waals surface area contributed by atoms with Crippen LogP contribution in [-0.4, -0.2) is 29.7 Å². The molecule has 1 aliphatic heterocycles. The zero-order chi connectivity index (χ0) is 13.9. The second-order valence-corrected chi connectivity index (χ2v) is 5.24. The quantitative estimate of drug-likeness (QED) is 0.575. The molecule has 0 saturated carbocycles. The molecule has 2 aromatic rings. The SMILES string of the molecule is C[N+]1=C(CC(=O)c2ccccc2)c2ccccc2CC1.[Cl-]. The normalized spacial score (nSPS) is 13.4. The molecule has 0 spiro atoms. The van der Waals surface area contributed by atoms with Gasteiger partial charge in [0, 0.05) is 17.5 Å². The van der Waals surface area contributed by atoms with Crippen LogP contribution in [0.25, 0.3) is 0 Å². The summed E-state index contributed by atoms with van der Waals surface area (Å²) in [4.78, 5) is 12.4. The lowest BCUT2D eigenvalue weighted by Crippen LogP contribution is -3.00. The summed E-state index contributed by atoms with van der Waals surface area (Å²) in [6.45, 7) is 0.981. The van der Waals surface area contributed by atoms with Crippen molar-refractivity contribution in [2.24, 2.45) is 0 Å². The molecule has 0 unspecified atom stereocenters. The average Bonchev–Trinajstić information content (AvgIpc) is 2.51. The second-order valence-electron chi connectivity index (χ2n) is 5.24. The zero-order valence-corrected chi connectivity index (χ0v) is 12.8. The van der Waals surface area contributed by atoms with Crippen LogP contribution < -0.4 is 12.4 Å². The molecule has 1 heterocycles. The third-order valence-electron chi connectivity index (χ3n) is 3.93. The highest BCUT2D eigenvalue weighted by Crippen LogP contribution is 2.18. The third kappa shape index (κ3) is 3.22. The van der Waals surface area contributed by atoms with E-state index in [0.29, 0.717) is 6.42 Å². The number of rotatable bonds is 3. The van der Waals surface area contributed by atoms with Gasteiger partial charge in [0.15, 0.2) is 11.5 Å². The fourth-order valence-electron chi connectivity index (χ4n) is 2.76. The minimum Gasteiger partial charge on any atom is -1.00 e. The highest BCUT2D eigenvalue weighted by molar-refractivity contribution is 6.14. The van der Waals surface area contributed by atoms with Gasteiger partial charge in [0.2, 0.25) is 0 Å². The first-order chi connectivity index (χ1) is 9.75. The number of Topliss-reactive ketones (excluding diaryl/α,β-unsaturated/α-hetero) is 1. The highest BCUT2D eigenvalue weighted by Gasteiger charge is 2.25. The molecule has 21 heavy (non-hydrogen) atoms. The molecule has 2 nitrogen and oxygen atoms in total. The molecule has 0 amide bonds. The number of halogens is 1. The van der Waals surface area contributed by atoms with Crippen LogP contribution in [0.2, 0.25) is 0 Å². The van der Waals surface area contributed by atoms with Gasteiger partial charge in [-0.2, -0.15) is 0 Å². The lowest BCUT2D eigenvalue weighted by atomic mass is 9.93. The van der Waals surface area contributed by atoms with Crippen molar-refractivity contribution in [3.63, 3.8) is 0 Å². The molecule has 108 valence electrons. The molecular formula is C18H18ClNO. The standard InChI is InChI=1S/C18H18NO.ClH/c1-19-12-11-14-7-5-6-10-16(14)17(19)13-18(20)15-8-3-2-4-9-15;/h2-10H,11-13H2,1H3;1H/q+1;/p-1. The van der Waals surface area contributed by atoms with Crippen LogP contribution in [-0.2, 0) is 6.42 Å². The molecule has 0 bridgehead atoms. The minimum atomic E-state index is 0. The first-order valence-corrected chi connectivity index (χ1v) is 6.99. The Kier molecular flexibility index (Phi) is 4.92. The predicted octanol–water partition coefficient (Wildman–Crippen LogP) is -0.0489. The number of carbonyl (C=O) groups is 1. The van der Waals surface area contributed by atoms with Gasteiger partial charge in [0.1, 0.15) is 13.6 Å². The van der Waals surface area contributed by atoms with Gasteiger partial charge in [-0.15, -0.1) is 0 Å². The van der Waals surface area contributed by atoms with E-state index in [1.54, 1.807) is 0 Å². The van der Waals surface area contributed by atoms with Crippen molar-refractivity contribution >= 4 is 11.5 Å². The molecule has 3 heteroatoms. The van der Waals surface area contributed by atoms with Crippen LogP contribution in [0.15, 0.2) is 54.6 Å². The van der Waals surface area contributed by atoms with Crippen molar-refractivity contribution < 1.29 is 21.8 Å². The summed E-state index contributed by atoms with van der Waals surface area (Å²) < 4.78 is 2.21. The van der Waals surface area contributed by atoms with Crippen molar-refractivity contribution in [2.75, 3.05) is 13.6 Å². The summed E-state index contributed by atoms with van der Waals surface area (Å²) in [6.07, 6.45) is 1.52. The van der Waals surface area contributed by atoms with E-state index in [9.17, 15) is 4.79 Å². The number of carbonyl (C=O) groups excluding carboxylic acids is 1. The second kappa shape index (κ2) is 6.68. The Balaban J connectivity index is 0.00000161. The lowest BCUT2D eigenvalue weighted by molar-refractivity contribution is -0.498. The van der Waals surface area contributed by atoms with E-state index in [4.69, 9.17) is 0 Å². The molecule has 2 aromatic carbocycles.